The van der Waals surface area contributed by atoms with E-state index in [-0.39, 0.29) is 24.4 Å². The molecule has 26 heavy (non-hydrogen) atoms. The van der Waals surface area contributed by atoms with Gasteiger partial charge in [0.05, 0.1) is 19.1 Å². The summed E-state index contributed by atoms with van der Waals surface area (Å²) in [6.45, 7) is 6.47. The zero-order valence-electron chi connectivity index (χ0n) is 15.3. The maximum atomic E-state index is 12.7. The lowest BCUT2D eigenvalue weighted by Crippen LogP contribution is -2.55. The Kier molecular flexibility index (Phi) is 5.92. The normalized spacial score (nSPS) is 18.8. The Labute approximate surface area is 155 Å². The van der Waals surface area contributed by atoms with Crippen LogP contribution >= 0.6 is 0 Å². The number of rotatable bonds is 5. The number of terminal acetylenes is 1. The number of piperazine rings is 1. The van der Waals surface area contributed by atoms with Gasteiger partial charge in [0, 0.05) is 38.4 Å². The number of nitrogens with one attached hydrogen (secondary N) is 1. The van der Waals surface area contributed by atoms with Crippen LogP contribution in [0.2, 0.25) is 0 Å². The highest BCUT2D eigenvalue weighted by atomic mass is 16.2. The van der Waals surface area contributed by atoms with Crippen molar-refractivity contribution < 1.29 is 9.59 Å². The average molecular weight is 354 g/mol. The number of carbonyl (C=O) groups excluding carboxylic acids is 2. The van der Waals surface area contributed by atoms with Gasteiger partial charge in [0.15, 0.2) is 0 Å². The van der Waals surface area contributed by atoms with Crippen LogP contribution in [0.1, 0.15) is 12.5 Å². The molecule has 1 aromatic rings. The molecule has 0 spiro atoms. The lowest BCUT2D eigenvalue weighted by molar-refractivity contribution is -0.127. The summed E-state index contributed by atoms with van der Waals surface area (Å²) in [6, 6.07) is 7.91. The minimum atomic E-state index is -0.202. The zero-order chi connectivity index (χ0) is 18.5. The van der Waals surface area contributed by atoms with Crippen molar-refractivity contribution >= 4 is 17.5 Å². The maximum Gasteiger partial charge on any atom is 0.241 e. The largest absolute Gasteiger partial charge is 0.344 e. The van der Waals surface area contributed by atoms with Crippen molar-refractivity contribution in [2.24, 2.45) is 0 Å². The third-order valence-corrected chi connectivity index (χ3v) is 5.25. The predicted octanol–water partition coefficient (Wildman–Crippen LogP) is 0.331. The van der Waals surface area contributed by atoms with Crippen LogP contribution in [-0.4, -0.2) is 73.5 Å². The molecule has 138 valence electrons. The van der Waals surface area contributed by atoms with Crippen molar-refractivity contribution in [1.29, 1.82) is 0 Å². The Hall–Kier alpha value is -2.36. The van der Waals surface area contributed by atoms with E-state index in [4.69, 9.17) is 6.42 Å². The number of anilines is 1. The second-order valence-electron chi connectivity index (χ2n) is 6.83. The van der Waals surface area contributed by atoms with Gasteiger partial charge >= 0.3 is 0 Å². The molecular weight excluding hydrogens is 328 g/mol. The van der Waals surface area contributed by atoms with Gasteiger partial charge in [0.25, 0.3) is 0 Å². The van der Waals surface area contributed by atoms with Gasteiger partial charge in [0.2, 0.25) is 11.8 Å². The maximum absolute atomic E-state index is 12.7. The number of carbonyl (C=O) groups is 2. The monoisotopic (exact) mass is 354 g/mol. The van der Waals surface area contributed by atoms with Crippen molar-refractivity contribution in [1.82, 2.24) is 15.1 Å². The van der Waals surface area contributed by atoms with Crippen LogP contribution in [0.5, 0.6) is 0 Å². The Morgan fingerprint density at radius 2 is 1.92 bits per heavy atom. The molecule has 1 N–H and O–H groups in total. The molecule has 2 aliphatic rings. The third kappa shape index (κ3) is 4.06. The van der Waals surface area contributed by atoms with Crippen molar-refractivity contribution in [2.75, 3.05) is 50.7 Å². The number of hydrogen-bond acceptors (Lipinski definition) is 4. The van der Waals surface area contributed by atoms with E-state index in [0.717, 1.165) is 44.8 Å². The Morgan fingerprint density at radius 1 is 1.19 bits per heavy atom. The van der Waals surface area contributed by atoms with E-state index < -0.39 is 0 Å². The van der Waals surface area contributed by atoms with Crippen LogP contribution in [-0.2, 0) is 16.0 Å². The molecule has 1 fully saturated rings. The third-order valence-electron chi connectivity index (χ3n) is 5.25. The van der Waals surface area contributed by atoms with Gasteiger partial charge in [-0.2, -0.15) is 0 Å². The molecule has 6 nitrogen and oxygen atoms in total. The van der Waals surface area contributed by atoms with Gasteiger partial charge < -0.3 is 10.2 Å². The molecule has 0 bridgehead atoms. The van der Waals surface area contributed by atoms with Gasteiger partial charge in [-0.05, 0) is 25.0 Å². The predicted molar refractivity (Wildman–Crippen MR) is 102 cm³/mol. The highest BCUT2D eigenvalue weighted by Crippen LogP contribution is 2.27. The summed E-state index contributed by atoms with van der Waals surface area (Å²) in [5.74, 6) is 2.53. The van der Waals surface area contributed by atoms with Gasteiger partial charge in [-0.15, -0.1) is 6.42 Å². The minimum Gasteiger partial charge on any atom is -0.344 e. The molecule has 2 heterocycles. The number of fused-ring (bicyclic) bond motifs is 1. The number of amides is 2. The van der Waals surface area contributed by atoms with Crippen molar-refractivity contribution in [2.45, 2.75) is 19.4 Å². The van der Waals surface area contributed by atoms with Gasteiger partial charge in [-0.25, -0.2) is 0 Å². The van der Waals surface area contributed by atoms with E-state index >= 15 is 0 Å². The van der Waals surface area contributed by atoms with Crippen LogP contribution in [0.25, 0.3) is 0 Å². The number of benzene rings is 1. The molecule has 1 aromatic carbocycles. The zero-order valence-corrected chi connectivity index (χ0v) is 15.3. The molecule has 2 aliphatic heterocycles. The van der Waals surface area contributed by atoms with Crippen LogP contribution < -0.4 is 10.2 Å². The van der Waals surface area contributed by atoms with Gasteiger partial charge in [0.1, 0.15) is 0 Å². The molecule has 0 radical (unpaired) electrons. The first-order valence-electron chi connectivity index (χ1n) is 9.16. The van der Waals surface area contributed by atoms with E-state index in [1.165, 1.54) is 5.56 Å². The minimum absolute atomic E-state index is 0.0406. The summed E-state index contributed by atoms with van der Waals surface area (Å²) in [5, 5.41) is 2.73. The lowest BCUT2D eigenvalue weighted by atomic mass is 10.2. The van der Waals surface area contributed by atoms with E-state index in [1.54, 1.807) is 0 Å². The first kappa shape index (κ1) is 18.4. The number of nitrogens with zero attached hydrogens (tertiary/aromatic N) is 3. The van der Waals surface area contributed by atoms with Gasteiger partial charge in [-0.3, -0.25) is 19.4 Å². The molecule has 0 aliphatic carbocycles. The highest BCUT2D eigenvalue weighted by molar-refractivity contribution is 5.96. The molecule has 0 saturated carbocycles. The average Bonchev–Trinajstić information content (AvgIpc) is 3.10. The van der Waals surface area contributed by atoms with E-state index in [0.29, 0.717) is 6.54 Å². The van der Waals surface area contributed by atoms with Crippen LogP contribution in [0, 0.1) is 12.3 Å². The topological polar surface area (TPSA) is 55.9 Å². The fourth-order valence-electron chi connectivity index (χ4n) is 3.63. The smallest absolute Gasteiger partial charge is 0.241 e. The van der Waals surface area contributed by atoms with Crippen molar-refractivity contribution in [3.8, 4) is 12.3 Å². The van der Waals surface area contributed by atoms with E-state index in [9.17, 15) is 9.59 Å². The molecular formula is C20H26N4O2. The first-order valence-corrected chi connectivity index (χ1v) is 9.16. The second-order valence-corrected chi connectivity index (χ2v) is 6.83. The van der Waals surface area contributed by atoms with Crippen molar-refractivity contribution in [3.63, 3.8) is 0 Å². The second kappa shape index (κ2) is 8.35. The summed E-state index contributed by atoms with van der Waals surface area (Å²) < 4.78 is 0. The van der Waals surface area contributed by atoms with Crippen LogP contribution in [0.15, 0.2) is 24.3 Å². The quantitative estimate of drug-likeness (QED) is 0.775. The fraction of sp³-hybridized carbons (Fsp3) is 0.500. The highest BCUT2D eigenvalue weighted by Gasteiger charge is 2.29. The Bertz CT molecular complexity index is 704. The summed E-state index contributed by atoms with van der Waals surface area (Å²) >= 11 is 0. The van der Waals surface area contributed by atoms with Crippen LogP contribution in [0.3, 0.4) is 0 Å². The standard InChI is InChI=1S/C20H26N4O2/c1-3-9-21-20(26)16(2)23-13-11-22(12-14-23)15-19(25)24-10-8-17-6-4-5-7-18(17)24/h1,4-7,16H,8-15H2,2H3,(H,21,26). The molecule has 1 unspecified atom stereocenters. The fourth-order valence-corrected chi connectivity index (χ4v) is 3.63. The van der Waals surface area contributed by atoms with Crippen molar-refractivity contribution in [3.05, 3.63) is 29.8 Å². The summed E-state index contributed by atoms with van der Waals surface area (Å²) in [4.78, 5) is 30.9. The van der Waals surface area contributed by atoms with E-state index in [1.807, 2.05) is 30.0 Å². The molecule has 6 heteroatoms. The van der Waals surface area contributed by atoms with Crippen LogP contribution in [0.4, 0.5) is 5.69 Å². The Balaban J connectivity index is 1.48. The van der Waals surface area contributed by atoms with E-state index in [2.05, 4.69) is 27.1 Å². The van der Waals surface area contributed by atoms with Gasteiger partial charge in [-0.1, -0.05) is 24.1 Å². The molecule has 2 amide bonds. The molecule has 1 saturated heterocycles. The Morgan fingerprint density at radius 3 is 2.65 bits per heavy atom. The molecule has 1 atom stereocenters. The number of para-hydroxylation sites is 1. The summed E-state index contributed by atoms with van der Waals surface area (Å²) in [7, 11) is 0. The first-order chi connectivity index (χ1) is 12.6. The SMILES string of the molecule is C#CCNC(=O)C(C)N1CCN(CC(=O)N2CCc3ccccc32)CC1. The number of hydrogen-bond donors (Lipinski definition) is 1. The summed E-state index contributed by atoms with van der Waals surface area (Å²) in [6.07, 6.45) is 6.11. The lowest BCUT2D eigenvalue weighted by Gasteiger charge is -2.37. The molecule has 3 rings (SSSR count). The summed E-state index contributed by atoms with van der Waals surface area (Å²) in [5.41, 5.74) is 2.30. The molecule has 0 aromatic heterocycles.